The van der Waals surface area contributed by atoms with Crippen molar-refractivity contribution in [2.24, 2.45) is 0 Å². The van der Waals surface area contributed by atoms with Gasteiger partial charge in [0.25, 0.3) is 0 Å². The molecule has 0 amide bonds. The second-order valence-corrected chi connectivity index (χ2v) is 2.89. The Labute approximate surface area is 90.2 Å². The molecule has 0 saturated carbocycles. The van der Waals surface area contributed by atoms with E-state index in [9.17, 15) is 9.59 Å². The standard InChI is InChI=1S/C11H18O4/c1-4-7-9(11(13)15-6-3)8-10(12)14-5-2/h8H,4-7H2,1-3H3/b9-8+. The van der Waals surface area contributed by atoms with E-state index >= 15 is 0 Å². The summed E-state index contributed by atoms with van der Waals surface area (Å²) in [6, 6.07) is 0. The Hall–Kier alpha value is -1.32. The van der Waals surface area contributed by atoms with Gasteiger partial charge >= 0.3 is 11.9 Å². The number of carbonyl (C=O) groups is 2. The molecule has 4 heteroatoms. The summed E-state index contributed by atoms with van der Waals surface area (Å²) in [5, 5.41) is 0. The van der Waals surface area contributed by atoms with Gasteiger partial charge in [-0.2, -0.15) is 0 Å². The lowest BCUT2D eigenvalue weighted by atomic mass is 10.1. The quantitative estimate of drug-likeness (QED) is 0.500. The van der Waals surface area contributed by atoms with Gasteiger partial charge in [0.1, 0.15) is 0 Å². The van der Waals surface area contributed by atoms with E-state index in [1.54, 1.807) is 13.8 Å². The third kappa shape index (κ3) is 5.88. The van der Waals surface area contributed by atoms with Gasteiger partial charge in [0.2, 0.25) is 0 Å². The van der Waals surface area contributed by atoms with Gasteiger partial charge in [0.05, 0.1) is 13.2 Å². The summed E-state index contributed by atoms with van der Waals surface area (Å²) in [7, 11) is 0. The minimum absolute atomic E-state index is 0.303. The fourth-order valence-corrected chi connectivity index (χ4v) is 1.05. The Morgan fingerprint density at radius 1 is 1.07 bits per heavy atom. The van der Waals surface area contributed by atoms with E-state index in [1.807, 2.05) is 6.92 Å². The normalized spacial score (nSPS) is 11.0. The molecule has 0 unspecified atom stereocenters. The van der Waals surface area contributed by atoms with Crippen LogP contribution in [0.2, 0.25) is 0 Å². The van der Waals surface area contributed by atoms with Crippen molar-refractivity contribution < 1.29 is 19.1 Å². The zero-order valence-electron chi connectivity index (χ0n) is 9.54. The Morgan fingerprint density at radius 3 is 2.13 bits per heavy atom. The summed E-state index contributed by atoms with van der Waals surface area (Å²) in [4.78, 5) is 22.5. The molecule has 0 aliphatic carbocycles. The molecule has 0 bridgehead atoms. The molecule has 15 heavy (non-hydrogen) atoms. The van der Waals surface area contributed by atoms with Crippen molar-refractivity contribution in [1.29, 1.82) is 0 Å². The fourth-order valence-electron chi connectivity index (χ4n) is 1.05. The van der Waals surface area contributed by atoms with E-state index in [0.29, 0.717) is 25.2 Å². The molecule has 0 rings (SSSR count). The van der Waals surface area contributed by atoms with Crippen molar-refractivity contribution >= 4 is 11.9 Å². The van der Waals surface area contributed by atoms with Crippen LogP contribution in [0.3, 0.4) is 0 Å². The van der Waals surface area contributed by atoms with Gasteiger partial charge in [0.15, 0.2) is 0 Å². The average Bonchev–Trinajstić information content (AvgIpc) is 2.18. The molecular formula is C11H18O4. The molecular weight excluding hydrogens is 196 g/mol. The summed E-state index contributed by atoms with van der Waals surface area (Å²) in [6.07, 6.45) is 2.52. The van der Waals surface area contributed by atoms with E-state index in [2.05, 4.69) is 0 Å². The monoisotopic (exact) mass is 214 g/mol. The van der Waals surface area contributed by atoms with Crippen LogP contribution in [-0.4, -0.2) is 25.2 Å². The lowest BCUT2D eigenvalue weighted by Gasteiger charge is -2.05. The predicted octanol–water partition coefficient (Wildman–Crippen LogP) is 1.84. The SMILES string of the molecule is CCC/C(=C\C(=O)OCC)C(=O)OCC. The molecule has 0 aromatic rings. The number of rotatable bonds is 6. The molecule has 0 fully saturated rings. The van der Waals surface area contributed by atoms with Gasteiger partial charge in [0, 0.05) is 11.6 Å². The molecule has 0 heterocycles. The highest BCUT2D eigenvalue weighted by atomic mass is 16.5. The van der Waals surface area contributed by atoms with Crippen molar-refractivity contribution in [3.05, 3.63) is 11.6 Å². The zero-order valence-corrected chi connectivity index (χ0v) is 9.54. The van der Waals surface area contributed by atoms with E-state index < -0.39 is 11.9 Å². The van der Waals surface area contributed by atoms with Crippen LogP contribution < -0.4 is 0 Å². The van der Waals surface area contributed by atoms with Crippen LogP contribution in [0.5, 0.6) is 0 Å². The molecule has 4 nitrogen and oxygen atoms in total. The molecule has 0 atom stereocenters. The van der Waals surface area contributed by atoms with Crippen LogP contribution >= 0.6 is 0 Å². The highest BCUT2D eigenvalue weighted by Gasteiger charge is 2.11. The second-order valence-electron chi connectivity index (χ2n) is 2.89. The third-order valence-corrected chi connectivity index (χ3v) is 1.64. The smallest absolute Gasteiger partial charge is 0.334 e. The van der Waals surface area contributed by atoms with E-state index in [-0.39, 0.29) is 0 Å². The van der Waals surface area contributed by atoms with Gasteiger partial charge < -0.3 is 9.47 Å². The summed E-state index contributed by atoms with van der Waals surface area (Å²) in [6.45, 7) is 5.99. The van der Waals surface area contributed by atoms with Crippen LogP contribution in [0, 0.1) is 0 Å². The number of hydrogen-bond acceptors (Lipinski definition) is 4. The molecule has 0 aliphatic rings. The maximum atomic E-state index is 11.4. The van der Waals surface area contributed by atoms with Crippen LogP contribution in [0.1, 0.15) is 33.6 Å². The molecule has 0 N–H and O–H groups in total. The first-order valence-electron chi connectivity index (χ1n) is 5.20. The first-order chi connectivity index (χ1) is 7.15. The Morgan fingerprint density at radius 2 is 1.67 bits per heavy atom. The van der Waals surface area contributed by atoms with Gasteiger partial charge in [-0.3, -0.25) is 0 Å². The van der Waals surface area contributed by atoms with Crippen LogP contribution in [0.25, 0.3) is 0 Å². The minimum Gasteiger partial charge on any atom is -0.463 e. The highest BCUT2D eigenvalue weighted by Crippen LogP contribution is 2.07. The van der Waals surface area contributed by atoms with E-state index in [4.69, 9.17) is 9.47 Å². The van der Waals surface area contributed by atoms with Gasteiger partial charge in [-0.1, -0.05) is 13.3 Å². The molecule has 0 aromatic heterocycles. The summed E-state index contributed by atoms with van der Waals surface area (Å²) in [5.74, 6) is -0.929. The first-order valence-corrected chi connectivity index (χ1v) is 5.20. The van der Waals surface area contributed by atoms with Gasteiger partial charge in [-0.15, -0.1) is 0 Å². The fraction of sp³-hybridized carbons (Fsp3) is 0.636. The maximum Gasteiger partial charge on any atom is 0.334 e. The first kappa shape index (κ1) is 13.7. The van der Waals surface area contributed by atoms with Crippen molar-refractivity contribution in [1.82, 2.24) is 0 Å². The van der Waals surface area contributed by atoms with E-state index in [0.717, 1.165) is 6.42 Å². The van der Waals surface area contributed by atoms with Crippen LogP contribution in [0.4, 0.5) is 0 Å². The summed E-state index contributed by atoms with van der Waals surface area (Å²) >= 11 is 0. The zero-order chi connectivity index (χ0) is 11.7. The Bertz CT molecular complexity index is 243. The average molecular weight is 214 g/mol. The Kier molecular flexibility index (Phi) is 7.32. The van der Waals surface area contributed by atoms with Gasteiger partial charge in [-0.05, 0) is 20.3 Å². The van der Waals surface area contributed by atoms with Crippen molar-refractivity contribution in [2.45, 2.75) is 33.6 Å². The van der Waals surface area contributed by atoms with Crippen molar-refractivity contribution in [2.75, 3.05) is 13.2 Å². The van der Waals surface area contributed by atoms with Crippen LogP contribution in [-0.2, 0) is 19.1 Å². The van der Waals surface area contributed by atoms with Crippen molar-refractivity contribution in [3.8, 4) is 0 Å². The maximum absolute atomic E-state index is 11.4. The highest BCUT2D eigenvalue weighted by molar-refractivity contribution is 5.96. The molecule has 0 aromatic carbocycles. The summed E-state index contributed by atoms with van der Waals surface area (Å²) in [5.41, 5.74) is 0.373. The topological polar surface area (TPSA) is 52.6 Å². The largest absolute Gasteiger partial charge is 0.463 e. The Balaban J connectivity index is 4.48. The minimum atomic E-state index is -0.492. The molecule has 0 aliphatic heterocycles. The van der Waals surface area contributed by atoms with Crippen LogP contribution in [0.15, 0.2) is 11.6 Å². The molecule has 0 saturated heterocycles. The number of ether oxygens (including phenoxy) is 2. The lowest BCUT2D eigenvalue weighted by Crippen LogP contribution is -2.11. The summed E-state index contributed by atoms with van der Waals surface area (Å²) < 4.78 is 9.54. The predicted molar refractivity (Wildman–Crippen MR) is 56.3 cm³/mol. The van der Waals surface area contributed by atoms with Gasteiger partial charge in [-0.25, -0.2) is 9.59 Å². The molecule has 86 valence electrons. The lowest BCUT2D eigenvalue weighted by molar-refractivity contribution is -0.141. The van der Waals surface area contributed by atoms with E-state index in [1.165, 1.54) is 6.08 Å². The third-order valence-electron chi connectivity index (χ3n) is 1.64. The molecule has 0 spiro atoms. The molecule has 0 radical (unpaired) electrons. The number of hydrogen-bond donors (Lipinski definition) is 0. The second kappa shape index (κ2) is 8.03. The number of esters is 2. The van der Waals surface area contributed by atoms with Crippen molar-refractivity contribution in [3.63, 3.8) is 0 Å². The number of carbonyl (C=O) groups excluding carboxylic acids is 2.